The van der Waals surface area contributed by atoms with Gasteiger partial charge in [0.2, 0.25) is 0 Å². The number of hydrogen-bond acceptors (Lipinski definition) is 4. The average Bonchev–Trinajstić information content (AvgIpc) is 3.08. The number of unbranched alkanes of at least 4 members (excludes halogenated alkanes) is 1. The zero-order chi connectivity index (χ0) is 24.0. The summed E-state index contributed by atoms with van der Waals surface area (Å²) in [5.41, 5.74) is 4.62. The maximum absolute atomic E-state index is 11.1. The van der Waals surface area contributed by atoms with Gasteiger partial charge in [-0.3, -0.25) is 4.79 Å². The molecule has 1 heterocycles. The zero-order valence-electron chi connectivity index (χ0n) is 20.0. The highest BCUT2D eigenvalue weighted by Gasteiger charge is 2.29. The highest BCUT2D eigenvalue weighted by atomic mass is 16.6. The second kappa shape index (κ2) is 14.9. The first-order valence-corrected chi connectivity index (χ1v) is 11.0. The summed E-state index contributed by atoms with van der Waals surface area (Å²) in [7, 11) is 0. The number of esters is 2. The van der Waals surface area contributed by atoms with Gasteiger partial charge in [0.05, 0.1) is 11.1 Å². The van der Waals surface area contributed by atoms with Crippen molar-refractivity contribution < 1.29 is 19.1 Å². The summed E-state index contributed by atoms with van der Waals surface area (Å²) < 4.78 is 4.38. The van der Waals surface area contributed by atoms with Gasteiger partial charge in [0.15, 0.2) is 5.78 Å². The Bertz CT molecular complexity index is 877. The molecule has 31 heavy (non-hydrogen) atoms. The second-order valence-corrected chi connectivity index (χ2v) is 6.57. The number of aryl methyl sites for hydroxylation is 1. The lowest BCUT2D eigenvalue weighted by molar-refractivity contribution is 0.0443. The van der Waals surface area contributed by atoms with Gasteiger partial charge in [0.1, 0.15) is 0 Å². The van der Waals surface area contributed by atoms with E-state index in [1.807, 2.05) is 34.6 Å². The van der Waals surface area contributed by atoms with Crippen molar-refractivity contribution in [1.82, 2.24) is 0 Å². The first-order valence-electron chi connectivity index (χ1n) is 11.0. The van der Waals surface area contributed by atoms with Crippen LogP contribution in [0.1, 0.15) is 104 Å². The fraction of sp³-hybridized carbons (Fsp3) is 0.370. The summed E-state index contributed by atoms with van der Waals surface area (Å²) in [6.07, 6.45) is 3.75. The quantitative estimate of drug-likeness (QED) is 0.287. The third-order valence-electron chi connectivity index (χ3n) is 4.32. The van der Waals surface area contributed by atoms with Gasteiger partial charge in [-0.25, -0.2) is 9.59 Å². The number of rotatable bonds is 5. The molecule has 1 aliphatic rings. The lowest BCUT2D eigenvalue weighted by Crippen LogP contribution is -1.98. The van der Waals surface area contributed by atoms with E-state index in [2.05, 4.69) is 42.5 Å². The van der Waals surface area contributed by atoms with Crippen molar-refractivity contribution in [2.24, 2.45) is 0 Å². The van der Waals surface area contributed by atoms with Gasteiger partial charge in [0, 0.05) is 5.56 Å². The maximum Gasteiger partial charge on any atom is 0.346 e. The Labute approximate surface area is 187 Å². The van der Waals surface area contributed by atoms with Crippen LogP contribution in [-0.4, -0.2) is 17.7 Å². The van der Waals surface area contributed by atoms with Crippen LogP contribution in [0.25, 0.3) is 5.57 Å². The third kappa shape index (κ3) is 8.71. The van der Waals surface area contributed by atoms with Crippen LogP contribution in [0.4, 0.5) is 0 Å². The van der Waals surface area contributed by atoms with E-state index in [-0.39, 0.29) is 16.9 Å². The number of cyclic esters (lactones) is 2. The van der Waals surface area contributed by atoms with Gasteiger partial charge >= 0.3 is 11.9 Å². The molecule has 3 rings (SSSR count). The summed E-state index contributed by atoms with van der Waals surface area (Å²) in [5, 5.41) is 0. The van der Waals surface area contributed by atoms with Crippen molar-refractivity contribution in [3.05, 3.63) is 76.9 Å². The SMILES string of the molecule is C=C(C)c1ccc(CCCC)cc1.CC.CC.CC(=O)c1ccc2c(c1)C(=O)OC2=O. The lowest BCUT2D eigenvalue weighted by atomic mass is 10.0. The lowest BCUT2D eigenvalue weighted by Gasteiger charge is -2.02. The zero-order valence-corrected chi connectivity index (χ0v) is 20.0. The van der Waals surface area contributed by atoms with Crippen LogP contribution in [0.15, 0.2) is 49.0 Å². The molecule has 0 saturated heterocycles. The average molecular weight is 425 g/mol. The largest absolute Gasteiger partial charge is 0.386 e. The van der Waals surface area contributed by atoms with Crippen molar-refractivity contribution in [1.29, 1.82) is 0 Å². The van der Waals surface area contributed by atoms with E-state index >= 15 is 0 Å². The van der Waals surface area contributed by atoms with Gasteiger partial charge in [-0.05, 0) is 49.9 Å². The molecule has 0 radical (unpaired) electrons. The van der Waals surface area contributed by atoms with E-state index < -0.39 is 11.9 Å². The Balaban J connectivity index is 0.000000502. The van der Waals surface area contributed by atoms with E-state index in [0.717, 1.165) is 5.57 Å². The molecule has 0 N–H and O–H groups in total. The van der Waals surface area contributed by atoms with Crippen molar-refractivity contribution in [3.8, 4) is 0 Å². The van der Waals surface area contributed by atoms with Gasteiger partial charge in [0.25, 0.3) is 0 Å². The van der Waals surface area contributed by atoms with Crippen LogP contribution in [0.2, 0.25) is 0 Å². The van der Waals surface area contributed by atoms with E-state index in [4.69, 9.17) is 0 Å². The third-order valence-corrected chi connectivity index (χ3v) is 4.32. The van der Waals surface area contributed by atoms with E-state index in [0.29, 0.717) is 5.56 Å². The summed E-state index contributed by atoms with van der Waals surface area (Å²) in [5.74, 6) is -1.49. The Kier molecular flexibility index (Phi) is 13.4. The van der Waals surface area contributed by atoms with E-state index in [1.165, 1.54) is 55.5 Å². The van der Waals surface area contributed by atoms with E-state index in [9.17, 15) is 14.4 Å². The normalized spacial score (nSPS) is 10.8. The number of carbonyl (C=O) groups excluding carboxylic acids is 3. The Hall–Kier alpha value is -3.01. The molecular formula is C27H36O4. The minimum Gasteiger partial charge on any atom is -0.386 e. The standard InChI is InChI=1S/C13H18.C10H6O4.2C2H6/c1-4-5-6-12-7-9-13(10-8-12)11(2)3;1-5(11)6-2-3-7-8(4-6)10(13)14-9(7)12;2*1-2/h7-10H,2,4-6H2,1,3H3;2-4H,1H3;2*1-2H3. The van der Waals surface area contributed by atoms with E-state index in [1.54, 1.807) is 0 Å². The van der Waals surface area contributed by atoms with Gasteiger partial charge in [-0.1, -0.05) is 83.5 Å². The minimum absolute atomic E-state index is 0.153. The summed E-state index contributed by atoms with van der Waals surface area (Å²) in [6.45, 7) is 17.6. The molecule has 4 heteroatoms. The maximum atomic E-state index is 11.1. The molecule has 0 fully saturated rings. The number of benzene rings is 2. The molecule has 2 aromatic rings. The molecule has 1 aliphatic heterocycles. The Morgan fingerprint density at radius 2 is 1.35 bits per heavy atom. The first-order chi connectivity index (χ1) is 14.8. The molecule has 168 valence electrons. The number of hydrogen-bond donors (Lipinski definition) is 0. The Morgan fingerprint density at radius 3 is 1.84 bits per heavy atom. The summed E-state index contributed by atoms with van der Waals surface area (Å²) >= 11 is 0. The van der Waals surface area contributed by atoms with Gasteiger partial charge in [-0.15, -0.1) is 0 Å². The highest BCUT2D eigenvalue weighted by Crippen LogP contribution is 2.21. The fourth-order valence-corrected chi connectivity index (χ4v) is 2.64. The van der Waals surface area contributed by atoms with Crippen LogP contribution in [-0.2, 0) is 11.2 Å². The van der Waals surface area contributed by atoms with Crippen molar-refractivity contribution in [2.75, 3.05) is 0 Å². The minimum atomic E-state index is -0.687. The number of ketones is 1. The molecule has 0 spiro atoms. The molecule has 0 unspecified atom stereocenters. The number of ether oxygens (including phenoxy) is 1. The summed E-state index contributed by atoms with van der Waals surface area (Å²) in [4.78, 5) is 33.1. The monoisotopic (exact) mass is 424 g/mol. The molecule has 0 atom stereocenters. The molecule has 2 aromatic carbocycles. The van der Waals surface area contributed by atoms with Crippen molar-refractivity contribution in [2.45, 2.75) is 67.7 Å². The number of carbonyl (C=O) groups is 3. The fourth-order valence-electron chi connectivity index (χ4n) is 2.64. The van der Waals surface area contributed by atoms with Crippen LogP contribution in [0, 0.1) is 0 Å². The number of allylic oxidation sites excluding steroid dienone is 1. The van der Waals surface area contributed by atoms with Crippen LogP contribution in [0.3, 0.4) is 0 Å². The molecule has 0 amide bonds. The van der Waals surface area contributed by atoms with Crippen molar-refractivity contribution in [3.63, 3.8) is 0 Å². The highest BCUT2D eigenvalue weighted by molar-refractivity contribution is 6.15. The van der Waals surface area contributed by atoms with Gasteiger partial charge in [-0.2, -0.15) is 0 Å². The Morgan fingerprint density at radius 1 is 0.839 bits per heavy atom. The van der Waals surface area contributed by atoms with Gasteiger partial charge < -0.3 is 4.74 Å². The van der Waals surface area contributed by atoms with Crippen molar-refractivity contribution >= 4 is 23.3 Å². The predicted octanol–water partition coefficient (Wildman–Crippen LogP) is 7.31. The topological polar surface area (TPSA) is 60.4 Å². The van der Waals surface area contributed by atoms with Crippen LogP contribution in [0.5, 0.6) is 0 Å². The molecule has 0 bridgehead atoms. The molecular weight excluding hydrogens is 388 g/mol. The smallest absolute Gasteiger partial charge is 0.346 e. The molecule has 0 aromatic heterocycles. The van der Waals surface area contributed by atoms with Crippen LogP contribution >= 0.6 is 0 Å². The summed E-state index contributed by atoms with van der Waals surface area (Å²) in [6, 6.07) is 13.0. The number of fused-ring (bicyclic) bond motifs is 1. The first kappa shape index (κ1) is 28.0. The predicted molar refractivity (Wildman–Crippen MR) is 129 cm³/mol. The molecule has 4 nitrogen and oxygen atoms in total. The molecule has 0 aliphatic carbocycles. The number of Topliss-reactive ketones (excluding diaryl/α,β-unsaturated/α-hetero) is 1. The van der Waals surface area contributed by atoms with Crippen LogP contribution < -0.4 is 0 Å². The molecule has 0 saturated carbocycles. The second-order valence-electron chi connectivity index (χ2n) is 6.57.